The van der Waals surface area contributed by atoms with Gasteiger partial charge in [0.05, 0.1) is 0 Å². The fourth-order valence-electron chi connectivity index (χ4n) is 1.13. The molecule has 1 aromatic rings. The zero-order valence-electron chi connectivity index (χ0n) is 8.95. The summed E-state index contributed by atoms with van der Waals surface area (Å²) < 4.78 is 0. The minimum absolute atomic E-state index is 0.00935. The topological polar surface area (TPSA) is 78.4 Å². The Morgan fingerprint density at radius 2 is 2.19 bits per heavy atom. The summed E-state index contributed by atoms with van der Waals surface area (Å²) in [7, 11) is 1.60. The SMILES string of the molecule is CNC(=O)CCNCc1ccc(C(=O)O)s1. The first-order chi connectivity index (χ1) is 7.63. The highest BCUT2D eigenvalue weighted by atomic mass is 32.1. The van der Waals surface area contributed by atoms with Gasteiger partial charge in [0.2, 0.25) is 5.91 Å². The summed E-state index contributed by atoms with van der Waals surface area (Å²) in [5.74, 6) is -0.911. The van der Waals surface area contributed by atoms with Crippen molar-refractivity contribution in [2.75, 3.05) is 13.6 Å². The molecule has 0 saturated heterocycles. The average molecular weight is 242 g/mol. The third-order valence-corrected chi connectivity index (χ3v) is 3.05. The number of carboxylic acid groups (broad SMARTS) is 1. The Balaban J connectivity index is 2.27. The molecule has 1 aromatic heterocycles. The van der Waals surface area contributed by atoms with Crippen LogP contribution < -0.4 is 10.6 Å². The van der Waals surface area contributed by atoms with Crippen LogP contribution in [0, 0.1) is 0 Å². The van der Waals surface area contributed by atoms with Gasteiger partial charge in [0, 0.05) is 31.4 Å². The van der Waals surface area contributed by atoms with Gasteiger partial charge in [-0.05, 0) is 12.1 Å². The van der Waals surface area contributed by atoms with Crippen molar-refractivity contribution in [1.82, 2.24) is 10.6 Å². The quantitative estimate of drug-likeness (QED) is 0.641. The van der Waals surface area contributed by atoms with Crippen molar-refractivity contribution in [2.45, 2.75) is 13.0 Å². The molecule has 1 amide bonds. The largest absolute Gasteiger partial charge is 0.477 e. The zero-order chi connectivity index (χ0) is 12.0. The molecular formula is C10H14N2O3S. The Morgan fingerprint density at radius 3 is 2.75 bits per heavy atom. The van der Waals surface area contributed by atoms with Crippen molar-refractivity contribution in [1.29, 1.82) is 0 Å². The third-order valence-electron chi connectivity index (χ3n) is 1.98. The highest BCUT2D eigenvalue weighted by Crippen LogP contribution is 2.15. The summed E-state index contributed by atoms with van der Waals surface area (Å²) in [6.07, 6.45) is 0.424. The number of nitrogens with one attached hydrogen (secondary N) is 2. The van der Waals surface area contributed by atoms with Crippen LogP contribution in [0.15, 0.2) is 12.1 Å². The van der Waals surface area contributed by atoms with Gasteiger partial charge in [0.1, 0.15) is 4.88 Å². The van der Waals surface area contributed by atoms with Gasteiger partial charge >= 0.3 is 5.97 Å². The second-order valence-electron chi connectivity index (χ2n) is 3.17. The number of aromatic carboxylic acids is 1. The van der Waals surface area contributed by atoms with E-state index in [-0.39, 0.29) is 5.91 Å². The number of thiophene rings is 1. The van der Waals surface area contributed by atoms with E-state index in [0.29, 0.717) is 24.4 Å². The van der Waals surface area contributed by atoms with Crippen LogP contribution in [0.4, 0.5) is 0 Å². The highest BCUT2D eigenvalue weighted by Gasteiger charge is 2.06. The van der Waals surface area contributed by atoms with Crippen molar-refractivity contribution in [3.63, 3.8) is 0 Å². The maximum Gasteiger partial charge on any atom is 0.345 e. The molecule has 0 saturated carbocycles. The number of amides is 1. The van der Waals surface area contributed by atoms with E-state index < -0.39 is 5.97 Å². The summed E-state index contributed by atoms with van der Waals surface area (Å²) in [6.45, 7) is 1.18. The molecule has 6 heteroatoms. The van der Waals surface area contributed by atoms with Gasteiger partial charge in [-0.25, -0.2) is 4.79 Å². The van der Waals surface area contributed by atoms with Gasteiger partial charge in [0.25, 0.3) is 0 Å². The van der Waals surface area contributed by atoms with Crippen molar-refractivity contribution in [3.8, 4) is 0 Å². The van der Waals surface area contributed by atoms with E-state index in [4.69, 9.17) is 5.11 Å². The van der Waals surface area contributed by atoms with Crippen LogP contribution in [0.5, 0.6) is 0 Å². The Morgan fingerprint density at radius 1 is 1.44 bits per heavy atom. The third kappa shape index (κ3) is 4.00. The molecule has 0 aliphatic carbocycles. The number of carbonyl (C=O) groups is 2. The van der Waals surface area contributed by atoms with Crippen molar-refractivity contribution >= 4 is 23.2 Å². The molecule has 0 aliphatic rings. The van der Waals surface area contributed by atoms with Crippen LogP contribution in [0.25, 0.3) is 0 Å². The molecule has 1 heterocycles. The Hall–Kier alpha value is -1.40. The molecule has 0 bridgehead atoms. The molecule has 5 nitrogen and oxygen atoms in total. The molecule has 0 aliphatic heterocycles. The lowest BCUT2D eigenvalue weighted by molar-refractivity contribution is -0.120. The van der Waals surface area contributed by atoms with Crippen molar-refractivity contribution in [2.24, 2.45) is 0 Å². The Labute approximate surface area is 97.5 Å². The molecule has 0 spiro atoms. The van der Waals surface area contributed by atoms with Crippen molar-refractivity contribution in [3.05, 3.63) is 21.9 Å². The van der Waals surface area contributed by atoms with Crippen molar-refractivity contribution < 1.29 is 14.7 Å². The van der Waals surface area contributed by atoms with E-state index in [0.717, 1.165) is 4.88 Å². The van der Waals surface area contributed by atoms with Gasteiger partial charge in [0.15, 0.2) is 0 Å². The number of rotatable bonds is 6. The maximum absolute atomic E-state index is 10.9. The Bertz CT molecular complexity index is 376. The van der Waals surface area contributed by atoms with E-state index in [2.05, 4.69) is 10.6 Å². The molecule has 3 N–H and O–H groups in total. The first-order valence-corrected chi connectivity index (χ1v) is 5.68. The summed E-state index contributed by atoms with van der Waals surface area (Å²) >= 11 is 1.24. The molecule has 0 fully saturated rings. The standard InChI is InChI=1S/C10H14N2O3S/c1-11-9(13)4-5-12-6-7-2-3-8(16-7)10(14)15/h2-3,12H,4-6H2,1H3,(H,11,13)(H,14,15). The van der Waals surface area contributed by atoms with Gasteiger partial charge in [-0.1, -0.05) is 0 Å². The monoisotopic (exact) mass is 242 g/mol. The second kappa shape index (κ2) is 6.24. The van der Waals surface area contributed by atoms with Crippen LogP contribution in [-0.2, 0) is 11.3 Å². The molecule has 1 rings (SSSR count). The molecule has 0 unspecified atom stereocenters. The first-order valence-electron chi connectivity index (χ1n) is 4.87. The zero-order valence-corrected chi connectivity index (χ0v) is 9.76. The summed E-state index contributed by atoms with van der Waals surface area (Å²) in [4.78, 5) is 22.8. The van der Waals surface area contributed by atoms with E-state index in [9.17, 15) is 9.59 Å². The fourth-order valence-corrected chi connectivity index (χ4v) is 1.94. The van der Waals surface area contributed by atoms with Crippen LogP contribution in [0.1, 0.15) is 21.0 Å². The fraction of sp³-hybridized carbons (Fsp3) is 0.400. The molecular weight excluding hydrogens is 228 g/mol. The molecule has 0 radical (unpaired) electrons. The number of hydrogen-bond donors (Lipinski definition) is 3. The van der Waals surface area contributed by atoms with E-state index >= 15 is 0 Å². The normalized spacial score (nSPS) is 10.1. The lowest BCUT2D eigenvalue weighted by Gasteiger charge is -2.01. The van der Waals surface area contributed by atoms with Gasteiger partial charge in [-0.2, -0.15) is 0 Å². The molecule has 0 aromatic carbocycles. The minimum atomic E-state index is -0.901. The summed E-state index contributed by atoms with van der Waals surface area (Å²) in [5, 5.41) is 14.3. The maximum atomic E-state index is 10.9. The average Bonchev–Trinajstić information content (AvgIpc) is 2.72. The van der Waals surface area contributed by atoms with E-state index in [1.54, 1.807) is 19.2 Å². The smallest absolute Gasteiger partial charge is 0.345 e. The highest BCUT2D eigenvalue weighted by molar-refractivity contribution is 7.13. The van der Waals surface area contributed by atoms with Crippen LogP contribution in [0.3, 0.4) is 0 Å². The summed E-state index contributed by atoms with van der Waals surface area (Å²) in [6, 6.07) is 3.36. The van der Waals surface area contributed by atoms with Crippen LogP contribution >= 0.6 is 11.3 Å². The molecule has 16 heavy (non-hydrogen) atoms. The minimum Gasteiger partial charge on any atom is -0.477 e. The predicted molar refractivity (Wildman–Crippen MR) is 61.7 cm³/mol. The lowest BCUT2D eigenvalue weighted by atomic mass is 10.4. The van der Waals surface area contributed by atoms with E-state index in [1.165, 1.54) is 11.3 Å². The number of hydrogen-bond acceptors (Lipinski definition) is 4. The molecule has 88 valence electrons. The second-order valence-corrected chi connectivity index (χ2v) is 4.34. The predicted octanol–water partition coefficient (Wildman–Crippen LogP) is 0.672. The summed E-state index contributed by atoms with van der Waals surface area (Å²) in [5.41, 5.74) is 0. The van der Waals surface area contributed by atoms with E-state index in [1.807, 2.05) is 0 Å². The van der Waals surface area contributed by atoms with Crippen LogP contribution in [-0.4, -0.2) is 30.6 Å². The van der Waals surface area contributed by atoms with Gasteiger partial charge < -0.3 is 15.7 Å². The van der Waals surface area contributed by atoms with Gasteiger partial charge in [-0.3, -0.25) is 4.79 Å². The van der Waals surface area contributed by atoms with Gasteiger partial charge in [-0.15, -0.1) is 11.3 Å². The van der Waals surface area contributed by atoms with Crippen LogP contribution in [0.2, 0.25) is 0 Å². The lowest BCUT2D eigenvalue weighted by Crippen LogP contribution is -2.24. The Kier molecular flexibility index (Phi) is 4.94. The number of carboxylic acids is 1. The number of carbonyl (C=O) groups excluding carboxylic acids is 1. The molecule has 0 atom stereocenters. The first kappa shape index (κ1) is 12.7.